The Morgan fingerprint density at radius 3 is 2.64 bits per heavy atom. The summed E-state index contributed by atoms with van der Waals surface area (Å²) in [4.78, 5) is 16.7. The van der Waals surface area contributed by atoms with E-state index in [1.54, 1.807) is 11.7 Å². The number of benzene rings is 2. The Morgan fingerprint density at radius 1 is 1.18 bits per heavy atom. The van der Waals surface area contributed by atoms with Gasteiger partial charge < -0.3 is 14.8 Å². The van der Waals surface area contributed by atoms with Gasteiger partial charge >= 0.3 is 5.69 Å². The zero-order chi connectivity index (χ0) is 19.4. The minimum atomic E-state index is -0.330. The lowest BCUT2D eigenvalue weighted by atomic mass is 9.93. The molecule has 0 aliphatic carbocycles. The highest BCUT2D eigenvalue weighted by atomic mass is 16.5. The summed E-state index contributed by atoms with van der Waals surface area (Å²) < 4.78 is 8.44. The van der Waals surface area contributed by atoms with Crippen molar-refractivity contribution >= 4 is 10.9 Å². The minimum absolute atomic E-state index is 0.0574. The molecule has 2 N–H and O–H groups in total. The van der Waals surface area contributed by atoms with Crippen molar-refractivity contribution in [2.45, 2.75) is 25.9 Å². The van der Waals surface area contributed by atoms with Crippen molar-refractivity contribution in [1.82, 2.24) is 14.1 Å². The molecule has 3 heterocycles. The first-order valence-corrected chi connectivity index (χ1v) is 9.40. The number of aromatic amines is 1. The summed E-state index contributed by atoms with van der Waals surface area (Å²) in [7, 11) is 1.63. The number of ether oxygens (including phenoxy) is 1. The number of hydrogen-bond acceptors (Lipinski definition) is 3. The molecule has 0 saturated heterocycles. The largest absolute Gasteiger partial charge is 0.497 e. The lowest BCUT2D eigenvalue weighted by Crippen LogP contribution is -2.32. The third-order valence-corrected chi connectivity index (χ3v) is 5.71. The first kappa shape index (κ1) is 16.7. The molecule has 28 heavy (non-hydrogen) atoms. The molecule has 2 aromatic carbocycles. The Morgan fingerprint density at radius 2 is 1.93 bits per heavy atom. The number of methoxy groups -OCH3 is 1. The number of H-pyrrole nitrogens is 1. The van der Waals surface area contributed by atoms with Gasteiger partial charge in [-0.3, -0.25) is 9.13 Å². The maximum atomic E-state index is 13.1. The van der Waals surface area contributed by atoms with Gasteiger partial charge in [0.25, 0.3) is 0 Å². The quantitative estimate of drug-likeness (QED) is 0.508. The van der Waals surface area contributed by atoms with Crippen LogP contribution in [0.3, 0.4) is 0 Å². The second-order valence-corrected chi connectivity index (χ2v) is 7.08. The van der Waals surface area contributed by atoms with Crippen LogP contribution < -0.4 is 10.4 Å². The molecular weight excluding hydrogens is 354 g/mol. The van der Waals surface area contributed by atoms with Gasteiger partial charge in [-0.15, -0.1) is 0 Å². The van der Waals surface area contributed by atoms with Gasteiger partial charge in [0.2, 0.25) is 5.88 Å². The molecule has 0 amide bonds. The molecule has 5 rings (SSSR count). The number of rotatable bonds is 3. The van der Waals surface area contributed by atoms with E-state index < -0.39 is 0 Å². The van der Waals surface area contributed by atoms with E-state index in [2.05, 4.69) is 11.1 Å². The van der Waals surface area contributed by atoms with Crippen LogP contribution in [0.2, 0.25) is 0 Å². The predicted molar refractivity (Wildman–Crippen MR) is 107 cm³/mol. The molecule has 1 aliphatic heterocycles. The van der Waals surface area contributed by atoms with Crippen LogP contribution >= 0.6 is 0 Å². The van der Waals surface area contributed by atoms with Crippen molar-refractivity contribution in [3.05, 3.63) is 81.5 Å². The number of hydrogen-bond donors (Lipinski definition) is 2. The van der Waals surface area contributed by atoms with Crippen LogP contribution in [0.4, 0.5) is 0 Å². The molecule has 0 radical (unpaired) electrons. The molecule has 1 atom stereocenters. The SMILES string of the molecule is CCn1c(O)c2n(c1=O)C(c1ccc(OC)cc1)c1[nH]c3ccccc3c1C2. The summed E-state index contributed by atoms with van der Waals surface area (Å²) in [5.74, 6) is 0.819. The highest BCUT2D eigenvalue weighted by molar-refractivity contribution is 5.86. The van der Waals surface area contributed by atoms with E-state index >= 15 is 0 Å². The number of nitrogens with one attached hydrogen (secondary N) is 1. The lowest BCUT2D eigenvalue weighted by molar-refractivity contribution is 0.413. The average Bonchev–Trinajstić information content (AvgIpc) is 3.21. The van der Waals surface area contributed by atoms with Crippen molar-refractivity contribution < 1.29 is 9.84 Å². The Kier molecular flexibility index (Phi) is 3.62. The second-order valence-electron chi connectivity index (χ2n) is 7.08. The lowest BCUT2D eigenvalue weighted by Gasteiger charge is -2.26. The highest BCUT2D eigenvalue weighted by Gasteiger charge is 2.35. The minimum Gasteiger partial charge on any atom is -0.497 e. The van der Waals surface area contributed by atoms with Gasteiger partial charge in [0.15, 0.2) is 0 Å². The number of nitrogens with zero attached hydrogens (tertiary/aromatic N) is 2. The van der Waals surface area contributed by atoms with Crippen LogP contribution in [-0.2, 0) is 13.0 Å². The number of aromatic hydroxyl groups is 1. The Hall–Kier alpha value is -3.41. The van der Waals surface area contributed by atoms with Gasteiger partial charge in [0.05, 0.1) is 12.8 Å². The molecule has 0 bridgehead atoms. The van der Waals surface area contributed by atoms with E-state index in [0.29, 0.717) is 18.7 Å². The smallest absolute Gasteiger partial charge is 0.332 e. The molecule has 0 spiro atoms. The van der Waals surface area contributed by atoms with E-state index in [-0.39, 0.29) is 17.6 Å². The average molecular weight is 375 g/mol. The molecule has 6 nitrogen and oxygen atoms in total. The van der Waals surface area contributed by atoms with Gasteiger partial charge in [-0.05, 0) is 36.2 Å². The van der Waals surface area contributed by atoms with E-state index in [0.717, 1.165) is 33.5 Å². The number of para-hydroxylation sites is 1. The van der Waals surface area contributed by atoms with Crippen LogP contribution in [0.1, 0.15) is 35.5 Å². The van der Waals surface area contributed by atoms with Crippen molar-refractivity contribution in [1.29, 1.82) is 0 Å². The first-order valence-electron chi connectivity index (χ1n) is 9.40. The number of imidazole rings is 1. The van der Waals surface area contributed by atoms with Crippen LogP contribution in [0.25, 0.3) is 10.9 Å². The topological polar surface area (TPSA) is 72.2 Å². The summed E-state index contributed by atoms with van der Waals surface area (Å²) in [6.07, 6.45) is 0.514. The van der Waals surface area contributed by atoms with Crippen LogP contribution in [-0.4, -0.2) is 26.3 Å². The molecule has 4 aromatic rings. The zero-order valence-corrected chi connectivity index (χ0v) is 15.8. The van der Waals surface area contributed by atoms with Crippen LogP contribution in [0.5, 0.6) is 11.6 Å². The highest BCUT2D eigenvalue weighted by Crippen LogP contribution is 2.40. The summed E-state index contributed by atoms with van der Waals surface area (Å²) in [6, 6.07) is 15.5. The van der Waals surface area contributed by atoms with Crippen LogP contribution in [0.15, 0.2) is 53.3 Å². The maximum Gasteiger partial charge on any atom is 0.332 e. The number of fused-ring (bicyclic) bond motifs is 4. The van der Waals surface area contributed by atoms with Gasteiger partial charge in [-0.2, -0.15) is 0 Å². The Bertz CT molecular complexity index is 1240. The molecule has 0 fully saturated rings. The standard InChI is InChI=1S/C22H21N3O3/c1-3-24-21(26)18-12-16-15-6-4-5-7-17(15)23-19(16)20(25(18)22(24)27)13-8-10-14(28-2)11-9-13/h4-11,20,23,26H,3,12H2,1-2H3. The fourth-order valence-electron chi connectivity index (χ4n) is 4.36. The van der Waals surface area contributed by atoms with Crippen molar-refractivity contribution in [2.75, 3.05) is 7.11 Å². The number of aromatic nitrogens is 3. The summed E-state index contributed by atoms with van der Waals surface area (Å²) >= 11 is 0. The summed E-state index contributed by atoms with van der Waals surface area (Å²) in [5, 5.41) is 11.9. The molecule has 2 aromatic heterocycles. The fourth-order valence-corrected chi connectivity index (χ4v) is 4.36. The fraction of sp³-hybridized carbons (Fsp3) is 0.227. The first-order chi connectivity index (χ1) is 13.6. The van der Waals surface area contributed by atoms with E-state index in [1.807, 2.05) is 49.4 Å². The van der Waals surface area contributed by atoms with Crippen LogP contribution in [0, 0.1) is 0 Å². The predicted octanol–water partition coefficient (Wildman–Crippen LogP) is 3.41. The van der Waals surface area contributed by atoms with E-state index in [4.69, 9.17) is 4.74 Å². The normalized spacial score (nSPS) is 15.4. The molecule has 0 saturated carbocycles. The summed E-state index contributed by atoms with van der Waals surface area (Å²) in [5.41, 5.74) is 4.58. The maximum absolute atomic E-state index is 13.1. The van der Waals surface area contributed by atoms with Crippen molar-refractivity contribution in [3.63, 3.8) is 0 Å². The third-order valence-electron chi connectivity index (χ3n) is 5.71. The van der Waals surface area contributed by atoms with Crippen molar-refractivity contribution in [2.24, 2.45) is 0 Å². The molecule has 142 valence electrons. The second kappa shape index (κ2) is 6.05. The third kappa shape index (κ3) is 2.17. The van der Waals surface area contributed by atoms with Gasteiger partial charge in [0.1, 0.15) is 11.8 Å². The zero-order valence-electron chi connectivity index (χ0n) is 15.8. The Labute approximate surface area is 161 Å². The monoisotopic (exact) mass is 375 g/mol. The van der Waals surface area contributed by atoms with Gasteiger partial charge in [-0.1, -0.05) is 30.3 Å². The molecule has 1 aliphatic rings. The van der Waals surface area contributed by atoms with Crippen molar-refractivity contribution in [3.8, 4) is 11.6 Å². The van der Waals surface area contributed by atoms with Gasteiger partial charge in [-0.25, -0.2) is 4.79 Å². The molecular formula is C22H21N3O3. The van der Waals surface area contributed by atoms with E-state index in [1.165, 1.54) is 4.57 Å². The molecule has 6 heteroatoms. The summed E-state index contributed by atoms with van der Waals surface area (Å²) in [6.45, 7) is 2.29. The molecule has 1 unspecified atom stereocenters. The Balaban J connectivity index is 1.82. The van der Waals surface area contributed by atoms with E-state index in [9.17, 15) is 9.90 Å². The van der Waals surface area contributed by atoms with Gasteiger partial charge in [0, 0.05) is 29.6 Å².